The summed E-state index contributed by atoms with van der Waals surface area (Å²) >= 11 is 0. The van der Waals surface area contributed by atoms with Gasteiger partial charge >= 0.3 is 6.18 Å². The molecule has 0 aliphatic rings. The third-order valence-corrected chi connectivity index (χ3v) is 1.95. The Morgan fingerprint density at radius 2 is 1.93 bits per heavy atom. The fourth-order valence-corrected chi connectivity index (χ4v) is 1.24. The lowest BCUT2D eigenvalue weighted by molar-refractivity contribution is -0.137. The topological polar surface area (TPSA) is 51.8 Å². The highest BCUT2D eigenvalue weighted by Gasteiger charge is 2.31. The van der Waals surface area contributed by atoms with Gasteiger partial charge in [-0.25, -0.2) is 4.98 Å². The summed E-state index contributed by atoms with van der Waals surface area (Å²) in [7, 11) is 0. The molecule has 0 aromatic carbocycles. The molecule has 0 amide bonds. The van der Waals surface area contributed by atoms with Gasteiger partial charge in [0.2, 0.25) is 0 Å². The van der Waals surface area contributed by atoms with Crippen molar-refractivity contribution in [3.05, 3.63) is 30.1 Å². The molecule has 78 valence electrons. The molecule has 2 heterocycles. The molecule has 2 aromatic rings. The van der Waals surface area contributed by atoms with Gasteiger partial charge in [-0.05, 0) is 12.1 Å². The number of aromatic nitrogens is 2. The molecule has 0 radical (unpaired) electrons. The quantitative estimate of drug-likeness (QED) is 0.730. The number of nitrogens with two attached hydrogens (primary N) is 1. The Morgan fingerprint density at radius 1 is 1.20 bits per heavy atom. The van der Waals surface area contributed by atoms with Gasteiger partial charge in [-0.2, -0.15) is 13.2 Å². The Hall–Kier alpha value is -1.85. The number of nitrogens with zero attached hydrogens (tertiary/aromatic N) is 2. The Morgan fingerprint density at radius 3 is 2.60 bits per heavy atom. The summed E-state index contributed by atoms with van der Waals surface area (Å²) in [6.07, 6.45) is -2.29. The lowest BCUT2D eigenvalue weighted by atomic mass is 10.2. The maximum atomic E-state index is 12.3. The van der Waals surface area contributed by atoms with E-state index in [4.69, 9.17) is 5.73 Å². The normalized spacial score (nSPS) is 11.9. The summed E-state index contributed by atoms with van der Waals surface area (Å²) in [5, 5.41) is 0.331. The van der Waals surface area contributed by atoms with Gasteiger partial charge in [-0.1, -0.05) is 0 Å². The van der Waals surface area contributed by atoms with Crippen LogP contribution in [0.3, 0.4) is 0 Å². The molecule has 0 unspecified atom stereocenters. The molecule has 6 heteroatoms. The van der Waals surface area contributed by atoms with Crippen LogP contribution >= 0.6 is 0 Å². The summed E-state index contributed by atoms with van der Waals surface area (Å²) in [6.45, 7) is 0. The Balaban J connectivity index is 2.68. The Labute approximate surface area is 82.8 Å². The summed E-state index contributed by atoms with van der Waals surface area (Å²) in [6, 6.07) is 2.44. The van der Waals surface area contributed by atoms with Gasteiger partial charge in [0.15, 0.2) is 0 Å². The fourth-order valence-electron chi connectivity index (χ4n) is 1.24. The van der Waals surface area contributed by atoms with Crippen molar-refractivity contribution in [3.8, 4) is 0 Å². The van der Waals surface area contributed by atoms with Crippen molar-refractivity contribution in [2.75, 3.05) is 5.73 Å². The molecule has 0 bridgehead atoms. The van der Waals surface area contributed by atoms with Crippen molar-refractivity contribution in [1.82, 2.24) is 9.97 Å². The van der Waals surface area contributed by atoms with E-state index in [1.165, 1.54) is 12.3 Å². The number of halogens is 3. The minimum Gasteiger partial charge on any atom is -0.382 e. The van der Waals surface area contributed by atoms with Crippen LogP contribution in [0, 0.1) is 0 Å². The molecule has 0 aliphatic heterocycles. The molecule has 0 atom stereocenters. The van der Waals surface area contributed by atoms with Crippen LogP contribution in [0.1, 0.15) is 5.56 Å². The first-order chi connectivity index (χ1) is 6.98. The van der Waals surface area contributed by atoms with Gasteiger partial charge in [0.1, 0.15) is 11.3 Å². The number of hydrogen-bond acceptors (Lipinski definition) is 3. The smallest absolute Gasteiger partial charge is 0.382 e. The number of anilines is 1. The molecule has 0 aliphatic carbocycles. The second-order valence-electron chi connectivity index (χ2n) is 2.99. The maximum Gasteiger partial charge on any atom is 0.417 e. The van der Waals surface area contributed by atoms with Crippen LogP contribution in [0.4, 0.5) is 19.0 Å². The van der Waals surface area contributed by atoms with Crippen LogP contribution in [0.15, 0.2) is 24.5 Å². The van der Waals surface area contributed by atoms with Crippen LogP contribution in [0.25, 0.3) is 10.9 Å². The average molecular weight is 213 g/mol. The van der Waals surface area contributed by atoms with E-state index in [1.54, 1.807) is 0 Å². The molecular weight excluding hydrogens is 207 g/mol. The number of hydrogen-bond donors (Lipinski definition) is 1. The van der Waals surface area contributed by atoms with E-state index in [0.717, 1.165) is 12.3 Å². The zero-order valence-corrected chi connectivity index (χ0v) is 7.42. The fraction of sp³-hybridized carbons (Fsp3) is 0.111. The van der Waals surface area contributed by atoms with Crippen LogP contribution in [-0.2, 0) is 6.18 Å². The molecule has 2 aromatic heterocycles. The summed E-state index contributed by atoms with van der Waals surface area (Å²) in [5.41, 5.74) is 4.95. The zero-order chi connectivity index (χ0) is 11.1. The summed E-state index contributed by atoms with van der Waals surface area (Å²) in [5.74, 6) is 0.126. The van der Waals surface area contributed by atoms with Gasteiger partial charge < -0.3 is 5.73 Å². The summed E-state index contributed by atoms with van der Waals surface area (Å²) < 4.78 is 37.0. The first-order valence-electron chi connectivity index (χ1n) is 4.06. The van der Waals surface area contributed by atoms with Crippen molar-refractivity contribution in [2.45, 2.75) is 6.18 Å². The van der Waals surface area contributed by atoms with Crippen LogP contribution < -0.4 is 5.73 Å². The van der Waals surface area contributed by atoms with Crippen molar-refractivity contribution in [2.24, 2.45) is 0 Å². The van der Waals surface area contributed by atoms with E-state index >= 15 is 0 Å². The first-order valence-corrected chi connectivity index (χ1v) is 4.06. The third kappa shape index (κ3) is 1.70. The average Bonchev–Trinajstić information content (AvgIpc) is 2.16. The maximum absolute atomic E-state index is 12.3. The molecule has 0 spiro atoms. The van der Waals surface area contributed by atoms with Crippen molar-refractivity contribution >= 4 is 16.7 Å². The number of pyridine rings is 2. The highest BCUT2D eigenvalue weighted by Crippen LogP contribution is 2.30. The number of nitrogen functional groups attached to an aromatic ring is 1. The first kappa shape index (κ1) is 9.70. The lowest BCUT2D eigenvalue weighted by Gasteiger charge is -2.07. The van der Waals surface area contributed by atoms with E-state index in [1.807, 2.05) is 0 Å². The minimum absolute atomic E-state index is 0.126. The second kappa shape index (κ2) is 3.08. The van der Waals surface area contributed by atoms with Gasteiger partial charge in [0.05, 0.1) is 5.56 Å². The van der Waals surface area contributed by atoms with Crippen LogP contribution in [0.2, 0.25) is 0 Å². The van der Waals surface area contributed by atoms with Crippen molar-refractivity contribution < 1.29 is 13.2 Å². The van der Waals surface area contributed by atoms with E-state index in [0.29, 0.717) is 5.39 Å². The highest BCUT2D eigenvalue weighted by atomic mass is 19.4. The van der Waals surface area contributed by atoms with Gasteiger partial charge in [0.25, 0.3) is 0 Å². The number of rotatable bonds is 0. The molecule has 0 saturated carbocycles. The number of fused-ring (bicyclic) bond motifs is 1. The standard InChI is InChI=1S/C9H6F3N3/c10-9(11,12)6-3-5-1-2-14-8(13)7(5)15-4-6/h1-4H,(H2,13,14). The van der Waals surface area contributed by atoms with Crippen LogP contribution in [-0.4, -0.2) is 9.97 Å². The second-order valence-corrected chi connectivity index (χ2v) is 2.99. The van der Waals surface area contributed by atoms with Gasteiger partial charge in [0, 0.05) is 17.8 Å². The molecule has 2 rings (SSSR count). The van der Waals surface area contributed by atoms with E-state index in [-0.39, 0.29) is 11.3 Å². The van der Waals surface area contributed by atoms with Gasteiger partial charge in [-0.3, -0.25) is 4.98 Å². The molecule has 0 fully saturated rings. The number of alkyl halides is 3. The van der Waals surface area contributed by atoms with Crippen molar-refractivity contribution in [3.63, 3.8) is 0 Å². The molecule has 2 N–H and O–H groups in total. The molecule has 0 saturated heterocycles. The SMILES string of the molecule is Nc1nccc2cc(C(F)(F)F)cnc12. The van der Waals surface area contributed by atoms with Crippen molar-refractivity contribution in [1.29, 1.82) is 0 Å². The highest BCUT2D eigenvalue weighted by molar-refractivity contribution is 5.87. The zero-order valence-electron chi connectivity index (χ0n) is 7.42. The van der Waals surface area contributed by atoms with Crippen LogP contribution in [0.5, 0.6) is 0 Å². The van der Waals surface area contributed by atoms with E-state index in [9.17, 15) is 13.2 Å². The predicted octanol–water partition coefficient (Wildman–Crippen LogP) is 2.23. The Bertz CT molecular complexity index is 507. The summed E-state index contributed by atoms with van der Waals surface area (Å²) in [4.78, 5) is 7.37. The van der Waals surface area contributed by atoms with E-state index < -0.39 is 11.7 Å². The predicted molar refractivity (Wildman–Crippen MR) is 49.0 cm³/mol. The molecule has 15 heavy (non-hydrogen) atoms. The van der Waals surface area contributed by atoms with Gasteiger partial charge in [-0.15, -0.1) is 0 Å². The monoisotopic (exact) mass is 213 g/mol. The minimum atomic E-state index is -4.39. The molecular formula is C9H6F3N3. The molecule has 3 nitrogen and oxygen atoms in total. The third-order valence-electron chi connectivity index (χ3n) is 1.95. The largest absolute Gasteiger partial charge is 0.417 e. The Kier molecular flexibility index (Phi) is 1.99. The lowest BCUT2D eigenvalue weighted by Crippen LogP contribution is -2.05. The van der Waals surface area contributed by atoms with E-state index in [2.05, 4.69) is 9.97 Å².